The van der Waals surface area contributed by atoms with Gasteiger partial charge in [0.1, 0.15) is 5.75 Å². The summed E-state index contributed by atoms with van der Waals surface area (Å²) < 4.78 is 10.4. The lowest BCUT2D eigenvalue weighted by Gasteiger charge is -2.07. The van der Waals surface area contributed by atoms with Crippen molar-refractivity contribution in [3.63, 3.8) is 0 Å². The number of benzene rings is 2. The lowest BCUT2D eigenvalue weighted by molar-refractivity contribution is -0.116. The molecule has 2 rings (SSSR count). The second-order valence-corrected chi connectivity index (χ2v) is 6.30. The molecule has 0 spiro atoms. The number of rotatable bonds is 9. The molecule has 0 heterocycles. The van der Waals surface area contributed by atoms with E-state index in [1.807, 2.05) is 55.5 Å². The molecule has 0 aromatic heterocycles. The molecule has 0 fully saturated rings. The predicted octanol–water partition coefficient (Wildman–Crippen LogP) is 4.60. The van der Waals surface area contributed by atoms with Crippen molar-refractivity contribution in [1.29, 1.82) is 0 Å². The SMILES string of the molecule is CCOCCCC(=O)Nc1ccc(Sc2ccc(OC)cc2)cc1. The standard InChI is InChI=1S/C19H23NO3S/c1-3-23-14-4-5-19(21)20-15-6-10-17(11-7-15)24-18-12-8-16(22-2)9-13-18/h6-13H,3-5,14H2,1-2H3,(H,20,21). The van der Waals surface area contributed by atoms with Crippen LogP contribution < -0.4 is 10.1 Å². The lowest BCUT2D eigenvalue weighted by Crippen LogP contribution is -2.12. The molecular weight excluding hydrogens is 322 g/mol. The first kappa shape index (κ1) is 18.4. The number of ether oxygens (including phenoxy) is 2. The van der Waals surface area contributed by atoms with Gasteiger partial charge in [-0.3, -0.25) is 4.79 Å². The van der Waals surface area contributed by atoms with Crippen LogP contribution in [0.1, 0.15) is 19.8 Å². The maximum absolute atomic E-state index is 11.8. The number of carbonyl (C=O) groups is 1. The number of amides is 1. The van der Waals surface area contributed by atoms with E-state index in [0.29, 0.717) is 19.6 Å². The van der Waals surface area contributed by atoms with Gasteiger partial charge in [0.05, 0.1) is 7.11 Å². The molecule has 24 heavy (non-hydrogen) atoms. The molecule has 1 amide bonds. The van der Waals surface area contributed by atoms with Crippen LogP contribution in [0.2, 0.25) is 0 Å². The fourth-order valence-electron chi connectivity index (χ4n) is 2.09. The maximum atomic E-state index is 11.8. The second kappa shape index (κ2) is 10.0. The van der Waals surface area contributed by atoms with Gasteiger partial charge in [-0.1, -0.05) is 11.8 Å². The molecule has 0 unspecified atom stereocenters. The van der Waals surface area contributed by atoms with Crippen LogP contribution in [-0.2, 0) is 9.53 Å². The molecular formula is C19H23NO3S. The molecule has 0 aliphatic heterocycles. The molecule has 0 atom stereocenters. The van der Waals surface area contributed by atoms with Gasteiger partial charge in [-0.2, -0.15) is 0 Å². The van der Waals surface area contributed by atoms with E-state index in [1.165, 1.54) is 0 Å². The van der Waals surface area contributed by atoms with Crippen molar-refractivity contribution >= 4 is 23.4 Å². The van der Waals surface area contributed by atoms with Gasteiger partial charge < -0.3 is 14.8 Å². The first-order valence-corrected chi connectivity index (χ1v) is 8.82. The van der Waals surface area contributed by atoms with Gasteiger partial charge in [0.25, 0.3) is 0 Å². The average Bonchev–Trinajstić information content (AvgIpc) is 2.61. The summed E-state index contributed by atoms with van der Waals surface area (Å²) in [6.45, 7) is 3.27. The summed E-state index contributed by atoms with van der Waals surface area (Å²) in [7, 11) is 1.66. The lowest BCUT2D eigenvalue weighted by atomic mass is 10.2. The highest BCUT2D eigenvalue weighted by Gasteiger charge is 2.03. The summed E-state index contributed by atoms with van der Waals surface area (Å²) in [5.74, 6) is 0.868. The normalized spacial score (nSPS) is 10.4. The van der Waals surface area contributed by atoms with E-state index in [1.54, 1.807) is 18.9 Å². The molecule has 0 aliphatic carbocycles. The van der Waals surface area contributed by atoms with Crippen LogP contribution in [0, 0.1) is 0 Å². The maximum Gasteiger partial charge on any atom is 0.224 e. The van der Waals surface area contributed by atoms with E-state index < -0.39 is 0 Å². The van der Waals surface area contributed by atoms with Crippen molar-refractivity contribution in [2.75, 3.05) is 25.6 Å². The van der Waals surface area contributed by atoms with Crippen LogP contribution in [0.25, 0.3) is 0 Å². The molecule has 0 saturated heterocycles. The summed E-state index contributed by atoms with van der Waals surface area (Å²) >= 11 is 1.67. The molecule has 0 radical (unpaired) electrons. The van der Waals surface area contributed by atoms with Crippen molar-refractivity contribution in [3.8, 4) is 5.75 Å². The van der Waals surface area contributed by atoms with Crippen molar-refractivity contribution < 1.29 is 14.3 Å². The third kappa shape index (κ3) is 6.26. The third-order valence-corrected chi connectivity index (χ3v) is 4.35. The van der Waals surface area contributed by atoms with Gasteiger partial charge >= 0.3 is 0 Å². The Hall–Kier alpha value is -1.98. The zero-order valence-electron chi connectivity index (χ0n) is 14.1. The van der Waals surface area contributed by atoms with Gasteiger partial charge in [0, 0.05) is 35.1 Å². The minimum absolute atomic E-state index is 0.0188. The largest absolute Gasteiger partial charge is 0.497 e. The van der Waals surface area contributed by atoms with E-state index in [-0.39, 0.29) is 5.91 Å². The molecule has 4 nitrogen and oxygen atoms in total. The van der Waals surface area contributed by atoms with Gasteiger partial charge in [0.2, 0.25) is 5.91 Å². The quantitative estimate of drug-likeness (QED) is 0.675. The van der Waals surface area contributed by atoms with Crippen LogP contribution >= 0.6 is 11.8 Å². The van der Waals surface area contributed by atoms with Crippen LogP contribution in [0.3, 0.4) is 0 Å². The van der Waals surface area contributed by atoms with Crippen LogP contribution in [0.5, 0.6) is 5.75 Å². The summed E-state index contributed by atoms with van der Waals surface area (Å²) in [6.07, 6.45) is 1.22. The molecule has 0 bridgehead atoms. The Labute approximate surface area is 147 Å². The summed E-state index contributed by atoms with van der Waals surface area (Å²) in [5.41, 5.74) is 0.815. The number of nitrogens with one attached hydrogen (secondary N) is 1. The molecule has 1 N–H and O–H groups in total. The van der Waals surface area contributed by atoms with Crippen molar-refractivity contribution in [2.24, 2.45) is 0 Å². The second-order valence-electron chi connectivity index (χ2n) is 5.15. The highest BCUT2D eigenvalue weighted by Crippen LogP contribution is 2.29. The van der Waals surface area contributed by atoms with Gasteiger partial charge in [-0.05, 0) is 61.9 Å². The summed E-state index contributed by atoms with van der Waals surface area (Å²) in [4.78, 5) is 14.1. The Morgan fingerprint density at radius 1 is 1.04 bits per heavy atom. The average molecular weight is 345 g/mol. The zero-order chi connectivity index (χ0) is 17.2. The smallest absolute Gasteiger partial charge is 0.224 e. The van der Waals surface area contributed by atoms with Gasteiger partial charge in [-0.25, -0.2) is 0 Å². The Balaban J connectivity index is 1.82. The first-order valence-electron chi connectivity index (χ1n) is 8.01. The van der Waals surface area contributed by atoms with E-state index in [9.17, 15) is 4.79 Å². The topological polar surface area (TPSA) is 47.6 Å². The van der Waals surface area contributed by atoms with E-state index in [0.717, 1.165) is 27.6 Å². The number of carbonyl (C=O) groups excluding carboxylic acids is 1. The summed E-state index contributed by atoms with van der Waals surface area (Å²) in [6, 6.07) is 15.8. The molecule has 2 aromatic carbocycles. The van der Waals surface area contributed by atoms with Crippen LogP contribution in [-0.4, -0.2) is 26.2 Å². The van der Waals surface area contributed by atoms with E-state index in [2.05, 4.69) is 5.32 Å². The van der Waals surface area contributed by atoms with Crippen LogP contribution in [0.15, 0.2) is 58.3 Å². The highest BCUT2D eigenvalue weighted by molar-refractivity contribution is 7.99. The number of hydrogen-bond acceptors (Lipinski definition) is 4. The number of hydrogen-bond donors (Lipinski definition) is 1. The zero-order valence-corrected chi connectivity index (χ0v) is 14.9. The van der Waals surface area contributed by atoms with Crippen molar-refractivity contribution in [1.82, 2.24) is 0 Å². The van der Waals surface area contributed by atoms with Gasteiger partial charge in [0.15, 0.2) is 0 Å². The van der Waals surface area contributed by atoms with Crippen molar-refractivity contribution in [2.45, 2.75) is 29.6 Å². The van der Waals surface area contributed by atoms with E-state index in [4.69, 9.17) is 9.47 Å². The molecule has 0 aliphatic rings. The van der Waals surface area contributed by atoms with Gasteiger partial charge in [-0.15, -0.1) is 0 Å². The number of methoxy groups -OCH3 is 1. The Morgan fingerprint density at radius 2 is 1.67 bits per heavy atom. The molecule has 128 valence electrons. The Kier molecular flexibility index (Phi) is 7.65. The monoisotopic (exact) mass is 345 g/mol. The highest BCUT2D eigenvalue weighted by atomic mass is 32.2. The van der Waals surface area contributed by atoms with Crippen molar-refractivity contribution in [3.05, 3.63) is 48.5 Å². The molecule has 0 saturated carbocycles. The minimum Gasteiger partial charge on any atom is -0.497 e. The fraction of sp³-hybridized carbons (Fsp3) is 0.316. The third-order valence-electron chi connectivity index (χ3n) is 3.33. The Morgan fingerprint density at radius 3 is 2.25 bits per heavy atom. The van der Waals surface area contributed by atoms with E-state index >= 15 is 0 Å². The molecule has 2 aromatic rings. The minimum atomic E-state index is 0.0188. The van der Waals surface area contributed by atoms with Crippen LogP contribution in [0.4, 0.5) is 5.69 Å². The Bertz CT molecular complexity index is 626. The number of anilines is 1. The predicted molar refractivity (Wildman–Crippen MR) is 97.9 cm³/mol. The summed E-state index contributed by atoms with van der Waals surface area (Å²) in [5, 5.41) is 2.90. The fourth-order valence-corrected chi connectivity index (χ4v) is 2.91. The molecule has 5 heteroatoms. The first-order chi connectivity index (χ1) is 11.7.